The lowest BCUT2D eigenvalue weighted by molar-refractivity contribution is -0.137. The van der Waals surface area contributed by atoms with E-state index >= 15 is 0 Å². The van der Waals surface area contributed by atoms with Crippen molar-refractivity contribution in [1.82, 2.24) is 9.97 Å². The van der Waals surface area contributed by atoms with Crippen LogP contribution in [0.4, 0.5) is 24.7 Å². The van der Waals surface area contributed by atoms with Gasteiger partial charge in [-0.3, -0.25) is 4.98 Å². The third-order valence-corrected chi connectivity index (χ3v) is 5.15. The van der Waals surface area contributed by atoms with E-state index in [4.69, 9.17) is 11.6 Å². The number of alkyl halides is 3. The molecule has 0 unspecified atom stereocenters. The Kier molecular flexibility index (Phi) is 5.59. The summed E-state index contributed by atoms with van der Waals surface area (Å²) in [5, 5.41) is 4.51. The molecule has 30 heavy (non-hydrogen) atoms. The van der Waals surface area contributed by atoms with Gasteiger partial charge in [-0.05, 0) is 53.6 Å². The quantitative estimate of drug-likeness (QED) is 0.379. The van der Waals surface area contributed by atoms with Crippen molar-refractivity contribution in [3.8, 4) is 0 Å². The second-order valence-corrected chi connectivity index (χ2v) is 7.26. The Bertz CT molecular complexity index is 1180. The second kappa shape index (κ2) is 8.32. The van der Waals surface area contributed by atoms with Gasteiger partial charge in [-0.25, -0.2) is 4.98 Å². The van der Waals surface area contributed by atoms with Gasteiger partial charge in [0.2, 0.25) is 0 Å². The molecule has 7 heteroatoms. The van der Waals surface area contributed by atoms with Crippen LogP contribution in [0.1, 0.15) is 16.7 Å². The lowest BCUT2D eigenvalue weighted by Gasteiger charge is -2.14. The van der Waals surface area contributed by atoms with Crippen LogP contribution >= 0.6 is 11.6 Å². The van der Waals surface area contributed by atoms with Crippen LogP contribution in [0.2, 0.25) is 5.02 Å². The highest BCUT2D eigenvalue weighted by Crippen LogP contribution is 2.37. The van der Waals surface area contributed by atoms with E-state index in [1.165, 1.54) is 12.1 Å². The SMILES string of the molecule is FC(F)(F)c1cc(Nc2ncc(CCc3cccnc3)c3ccccc23)ccc1Cl. The van der Waals surface area contributed by atoms with E-state index in [2.05, 4.69) is 15.3 Å². The molecule has 0 aliphatic rings. The van der Waals surface area contributed by atoms with Crippen LogP contribution < -0.4 is 5.32 Å². The first-order chi connectivity index (χ1) is 14.4. The first-order valence-corrected chi connectivity index (χ1v) is 9.69. The Morgan fingerprint density at radius 3 is 2.43 bits per heavy atom. The van der Waals surface area contributed by atoms with E-state index in [1.54, 1.807) is 12.4 Å². The molecule has 1 N–H and O–H groups in total. The lowest BCUT2D eigenvalue weighted by Crippen LogP contribution is -2.07. The molecule has 0 radical (unpaired) electrons. The van der Waals surface area contributed by atoms with Gasteiger partial charge in [-0.2, -0.15) is 13.2 Å². The molecule has 0 aliphatic carbocycles. The zero-order valence-corrected chi connectivity index (χ0v) is 16.5. The summed E-state index contributed by atoms with van der Waals surface area (Å²) in [6.07, 6.45) is 2.41. The highest BCUT2D eigenvalue weighted by atomic mass is 35.5. The maximum Gasteiger partial charge on any atom is 0.417 e. The average molecular weight is 428 g/mol. The monoisotopic (exact) mass is 427 g/mol. The minimum Gasteiger partial charge on any atom is -0.340 e. The Labute approximate surface area is 176 Å². The summed E-state index contributed by atoms with van der Waals surface area (Å²) in [6, 6.07) is 15.4. The fourth-order valence-corrected chi connectivity index (χ4v) is 3.56. The number of aromatic nitrogens is 2. The van der Waals surface area contributed by atoms with E-state index in [0.717, 1.165) is 40.8 Å². The molecule has 0 saturated carbocycles. The van der Waals surface area contributed by atoms with Crippen LogP contribution in [-0.2, 0) is 19.0 Å². The highest BCUT2D eigenvalue weighted by Gasteiger charge is 2.33. The van der Waals surface area contributed by atoms with Crippen molar-refractivity contribution < 1.29 is 13.2 Å². The van der Waals surface area contributed by atoms with Crippen molar-refractivity contribution >= 4 is 33.9 Å². The van der Waals surface area contributed by atoms with Crippen molar-refractivity contribution in [2.24, 2.45) is 0 Å². The molecule has 0 amide bonds. The molecule has 2 aromatic heterocycles. The van der Waals surface area contributed by atoms with Crippen LogP contribution in [0.3, 0.4) is 0 Å². The van der Waals surface area contributed by atoms with Gasteiger partial charge in [0, 0.05) is 29.7 Å². The van der Waals surface area contributed by atoms with Gasteiger partial charge < -0.3 is 5.32 Å². The highest BCUT2D eigenvalue weighted by molar-refractivity contribution is 6.31. The second-order valence-electron chi connectivity index (χ2n) is 6.86. The van der Waals surface area contributed by atoms with Gasteiger partial charge in [-0.15, -0.1) is 0 Å². The summed E-state index contributed by atoms with van der Waals surface area (Å²) in [6.45, 7) is 0. The maximum absolute atomic E-state index is 13.2. The molecular weight excluding hydrogens is 411 g/mol. The topological polar surface area (TPSA) is 37.8 Å². The van der Waals surface area contributed by atoms with E-state index in [9.17, 15) is 13.2 Å². The molecule has 4 aromatic rings. The van der Waals surface area contributed by atoms with Crippen molar-refractivity contribution in [1.29, 1.82) is 0 Å². The number of hydrogen-bond acceptors (Lipinski definition) is 3. The Morgan fingerprint density at radius 2 is 1.70 bits per heavy atom. The largest absolute Gasteiger partial charge is 0.417 e. The normalized spacial score (nSPS) is 11.6. The van der Waals surface area contributed by atoms with E-state index in [-0.39, 0.29) is 10.7 Å². The van der Waals surface area contributed by atoms with Crippen LogP contribution in [-0.4, -0.2) is 9.97 Å². The van der Waals surface area contributed by atoms with Crippen LogP contribution in [0.25, 0.3) is 10.8 Å². The predicted octanol–water partition coefficient (Wildman–Crippen LogP) is 6.83. The maximum atomic E-state index is 13.2. The van der Waals surface area contributed by atoms with Gasteiger partial charge in [0.05, 0.1) is 10.6 Å². The van der Waals surface area contributed by atoms with Crippen molar-refractivity contribution in [2.75, 3.05) is 5.32 Å². The Hall–Kier alpha value is -3.12. The number of benzene rings is 2. The molecule has 3 nitrogen and oxygen atoms in total. The fourth-order valence-electron chi connectivity index (χ4n) is 3.33. The molecule has 0 spiro atoms. The van der Waals surface area contributed by atoms with Gasteiger partial charge in [0.25, 0.3) is 0 Å². The number of nitrogens with one attached hydrogen (secondary N) is 1. The summed E-state index contributed by atoms with van der Waals surface area (Å²) < 4.78 is 39.5. The number of rotatable bonds is 5. The zero-order chi connectivity index (χ0) is 21.1. The van der Waals surface area contributed by atoms with E-state index in [0.29, 0.717) is 5.82 Å². The van der Waals surface area contributed by atoms with Gasteiger partial charge in [-0.1, -0.05) is 41.9 Å². The molecule has 2 aromatic carbocycles. The standard InChI is InChI=1S/C23H17ClF3N3/c24-21-10-9-17(12-20(21)23(25,26)27)30-22-19-6-2-1-5-18(19)16(14-29-22)8-7-15-4-3-11-28-13-15/h1-6,9-14H,7-8H2,(H,29,30). The minimum atomic E-state index is -4.53. The summed E-state index contributed by atoms with van der Waals surface area (Å²) in [4.78, 5) is 8.62. The Morgan fingerprint density at radius 1 is 0.900 bits per heavy atom. The average Bonchev–Trinajstić information content (AvgIpc) is 2.74. The molecule has 0 saturated heterocycles. The number of nitrogens with zero attached hydrogens (tertiary/aromatic N) is 2. The van der Waals surface area contributed by atoms with Crippen molar-refractivity contribution in [3.63, 3.8) is 0 Å². The Balaban J connectivity index is 1.65. The zero-order valence-electron chi connectivity index (χ0n) is 15.7. The van der Waals surface area contributed by atoms with Crippen LogP contribution in [0.15, 0.2) is 73.2 Å². The lowest BCUT2D eigenvalue weighted by atomic mass is 10.0. The number of aryl methyl sites for hydroxylation is 2. The smallest absolute Gasteiger partial charge is 0.340 e. The number of anilines is 2. The third kappa shape index (κ3) is 4.39. The summed E-state index contributed by atoms with van der Waals surface area (Å²) >= 11 is 5.72. The molecule has 0 fully saturated rings. The number of fused-ring (bicyclic) bond motifs is 1. The molecule has 152 valence electrons. The first kappa shape index (κ1) is 20.2. The first-order valence-electron chi connectivity index (χ1n) is 9.31. The summed E-state index contributed by atoms with van der Waals surface area (Å²) in [5.74, 6) is 0.492. The molecule has 2 heterocycles. The molecule has 4 rings (SSSR count). The fraction of sp³-hybridized carbons (Fsp3) is 0.130. The molecule has 0 atom stereocenters. The van der Waals surface area contributed by atoms with Gasteiger partial charge in [0.15, 0.2) is 0 Å². The summed E-state index contributed by atoms with van der Waals surface area (Å²) in [5.41, 5.74) is 1.58. The van der Waals surface area contributed by atoms with Crippen molar-refractivity contribution in [2.45, 2.75) is 19.0 Å². The van der Waals surface area contributed by atoms with Crippen LogP contribution in [0, 0.1) is 0 Å². The van der Waals surface area contributed by atoms with Gasteiger partial charge in [0.1, 0.15) is 5.82 Å². The predicted molar refractivity (Wildman–Crippen MR) is 113 cm³/mol. The number of halogens is 4. The van der Waals surface area contributed by atoms with E-state index < -0.39 is 11.7 Å². The molecular formula is C23H17ClF3N3. The number of hydrogen-bond donors (Lipinski definition) is 1. The molecule has 0 bridgehead atoms. The third-order valence-electron chi connectivity index (χ3n) is 4.82. The minimum absolute atomic E-state index is 0.271. The van der Waals surface area contributed by atoms with Crippen LogP contribution in [0.5, 0.6) is 0 Å². The van der Waals surface area contributed by atoms with Crippen molar-refractivity contribution in [3.05, 3.63) is 94.9 Å². The van der Waals surface area contributed by atoms with Gasteiger partial charge >= 0.3 is 6.18 Å². The van der Waals surface area contributed by atoms with E-state index in [1.807, 2.05) is 42.6 Å². The number of pyridine rings is 2. The summed E-state index contributed by atoms with van der Waals surface area (Å²) in [7, 11) is 0. The molecule has 0 aliphatic heterocycles.